The monoisotopic (exact) mass is 509 g/mol. The van der Waals surface area contributed by atoms with Crippen LogP contribution in [0.4, 0.5) is 10.5 Å². The van der Waals surface area contributed by atoms with E-state index in [2.05, 4.69) is 16.0 Å². The van der Waals surface area contributed by atoms with Crippen LogP contribution in [0.15, 0.2) is 42.5 Å². The van der Waals surface area contributed by atoms with Gasteiger partial charge in [0, 0.05) is 29.8 Å². The third-order valence-corrected chi connectivity index (χ3v) is 7.51. The van der Waals surface area contributed by atoms with E-state index in [1.54, 1.807) is 7.11 Å². The normalized spacial score (nSPS) is 24.5. The molecule has 0 unspecified atom stereocenters. The maximum Gasteiger partial charge on any atom is 0.319 e. The number of nitrogens with one attached hydrogen (secondary N) is 3. The number of anilines is 1. The lowest BCUT2D eigenvalue weighted by atomic mass is 9.84. The second-order valence-electron chi connectivity index (χ2n) is 10.1. The third-order valence-electron chi connectivity index (χ3n) is 7.51. The molecular formula is C28H35N3O6. The highest BCUT2D eigenvalue weighted by Crippen LogP contribution is 2.47. The molecule has 37 heavy (non-hydrogen) atoms. The Labute approximate surface area is 216 Å². The van der Waals surface area contributed by atoms with Gasteiger partial charge in [0.2, 0.25) is 5.91 Å². The molecular weight excluding hydrogens is 474 g/mol. The SMILES string of the molecule is COc1ccc(CNC(=O)C[C@@H]2C[C@H]3c4cc(NC(=O)NC5CCCC5)ccc4O[C@H]3[C@@H](CO)O2)cc1. The molecule has 2 heterocycles. The summed E-state index contributed by atoms with van der Waals surface area (Å²) >= 11 is 0. The van der Waals surface area contributed by atoms with Crippen LogP contribution in [0.1, 0.15) is 55.6 Å². The van der Waals surface area contributed by atoms with Gasteiger partial charge in [-0.2, -0.15) is 0 Å². The van der Waals surface area contributed by atoms with Gasteiger partial charge >= 0.3 is 6.03 Å². The van der Waals surface area contributed by atoms with E-state index in [0.717, 1.165) is 48.3 Å². The zero-order chi connectivity index (χ0) is 25.8. The fourth-order valence-electron chi connectivity index (χ4n) is 5.61. The molecule has 0 spiro atoms. The molecule has 0 aromatic heterocycles. The summed E-state index contributed by atoms with van der Waals surface area (Å²) in [5, 5.41) is 18.9. The Kier molecular flexibility index (Phi) is 7.81. The van der Waals surface area contributed by atoms with Gasteiger partial charge in [-0.3, -0.25) is 4.79 Å². The number of hydrogen-bond donors (Lipinski definition) is 4. The third kappa shape index (κ3) is 5.99. The number of hydrogen-bond acceptors (Lipinski definition) is 6. The molecule has 2 aliphatic heterocycles. The molecule has 1 saturated carbocycles. The first-order chi connectivity index (χ1) is 18.0. The van der Waals surface area contributed by atoms with Gasteiger partial charge in [0.15, 0.2) is 0 Å². The number of methoxy groups -OCH3 is 1. The van der Waals surface area contributed by atoms with Crippen molar-refractivity contribution in [3.63, 3.8) is 0 Å². The number of carbonyl (C=O) groups is 2. The standard InChI is InChI=1S/C28H35N3O6/c1-35-20-9-6-17(7-10-20)15-29-26(33)14-21-13-23-22-12-19(31-28(34)30-18-4-2-3-5-18)8-11-24(22)37-27(23)25(16-32)36-21/h6-12,18,21,23,25,27,32H,2-5,13-16H2,1H3,(H,29,33)(H2,30,31,34)/t21-,23-,25+,27+/m0/s1. The first-order valence-electron chi connectivity index (χ1n) is 13.1. The molecule has 9 nitrogen and oxygen atoms in total. The van der Waals surface area contributed by atoms with E-state index in [9.17, 15) is 14.7 Å². The predicted octanol–water partition coefficient (Wildman–Crippen LogP) is 3.46. The van der Waals surface area contributed by atoms with E-state index in [4.69, 9.17) is 14.2 Å². The molecule has 1 aliphatic carbocycles. The minimum atomic E-state index is -0.535. The largest absolute Gasteiger partial charge is 0.497 e. The number of aliphatic hydroxyl groups is 1. The summed E-state index contributed by atoms with van der Waals surface area (Å²) in [4.78, 5) is 25.2. The molecule has 1 saturated heterocycles. The molecule has 9 heteroatoms. The molecule has 198 valence electrons. The quantitative estimate of drug-likeness (QED) is 0.433. The van der Waals surface area contributed by atoms with Gasteiger partial charge in [-0.25, -0.2) is 4.79 Å². The first kappa shape index (κ1) is 25.4. The van der Waals surface area contributed by atoms with E-state index >= 15 is 0 Å². The van der Waals surface area contributed by atoms with Crippen molar-refractivity contribution >= 4 is 17.6 Å². The molecule has 0 bridgehead atoms. The topological polar surface area (TPSA) is 118 Å². The minimum absolute atomic E-state index is 0.0417. The summed E-state index contributed by atoms with van der Waals surface area (Å²) in [5.41, 5.74) is 2.63. The summed E-state index contributed by atoms with van der Waals surface area (Å²) in [6.45, 7) is 0.211. The van der Waals surface area contributed by atoms with E-state index < -0.39 is 6.10 Å². The molecule has 5 rings (SSSR count). The van der Waals surface area contributed by atoms with E-state index in [0.29, 0.717) is 18.7 Å². The summed E-state index contributed by atoms with van der Waals surface area (Å²) in [5.74, 6) is 1.33. The van der Waals surface area contributed by atoms with Crippen LogP contribution in [0.2, 0.25) is 0 Å². The number of ether oxygens (including phenoxy) is 3. The number of benzene rings is 2. The maximum atomic E-state index is 12.7. The van der Waals surface area contributed by atoms with Crippen molar-refractivity contribution in [3.05, 3.63) is 53.6 Å². The molecule has 4 atom stereocenters. The number of amides is 3. The Morgan fingerprint density at radius 1 is 1.11 bits per heavy atom. The zero-order valence-electron chi connectivity index (χ0n) is 21.1. The van der Waals surface area contributed by atoms with Gasteiger partial charge in [0.25, 0.3) is 0 Å². The summed E-state index contributed by atoms with van der Waals surface area (Å²) < 4.78 is 17.4. The molecule has 3 aliphatic rings. The number of carbonyl (C=O) groups excluding carboxylic acids is 2. The van der Waals surface area contributed by atoms with Crippen LogP contribution in [-0.2, 0) is 16.1 Å². The Morgan fingerprint density at radius 2 is 1.89 bits per heavy atom. The van der Waals surface area contributed by atoms with E-state index in [1.165, 1.54) is 0 Å². The lowest BCUT2D eigenvalue weighted by molar-refractivity contribution is -0.142. The van der Waals surface area contributed by atoms with Gasteiger partial charge < -0.3 is 35.3 Å². The van der Waals surface area contributed by atoms with Crippen molar-refractivity contribution in [1.29, 1.82) is 0 Å². The highest BCUT2D eigenvalue weighted by molar-refractivity contribution is 5.89. The van der Waals surface area contributed by atoms with Crippen molar-refractivity contribution in [2.24, 2.45) is 0 Å². The van der Waals surface area contributed by atoms with Crippen LogP contribution in [0.25, 0.3) is 0 Å². The predicted molar refractivity (Wildman–Crippen MR) is 138 cm³/mol. The van der Waals surface area contributed by atoms with Crippen molar-refractivity contribution in [2.45, 2.75) is 75.3 Å². The highest BCUT2D eigenvalue weighted by Gasteiger charge is 2.46. The number of fused-ring (bicyclic) bond motifs is 3. The van der Waals surface area contributed by atoms with Gasteiger partial charge in [0.05, 0.1) is 26.2 Å². The van der Waals surface area contributed by atoms with Crippen molar-refractivity contribution in [3.8, 4) is 11.5 Å². The van der Waals surface area contributed by atoms with Gasteiger partial charge in [-0.15, -0.1) is 0 Å². The van der Waals surface area contributed by atoms with Crippen molar-refractivity contribution < 1.29 is 28.9 Å². The summed E-state index contributed by atoms with van der Waals surface area (Å²) in [6, 6.07) is 13.2. The van der Waals surface area contributed by atoms with Gasteiger partial charge in [-0.1, -0.05) is 25.0 Å². The molecule has 3 amide bonds. The van der Waals surface area contributed by atoms with E-state index in [1.807, 2.05) is 42.5 Å². The Bertz CT molecular complexity index is 1100. The number of urea groups is 1. The lowest BCUT2D eigenvalue weighted by Crippen LogP contribution is -2.47. The molecule has 2 aromatic rings. The fraction of sp³-hybridized carbons (Fsp3) is 0.500. The second kappa shape index (κ2) is 11.4. The van der Waals surface area contributed by atoms with Crippen molar-refractivity contribution in [1.82, 2.24) is 10.6 Å². The van der Waals surface area contributed by atoms with Crippen LogP contribution in [-0.4, -0.2) is 55.1 Å². The summed E-state index contributed by atoms with van der Waals surface area (Å²) in [6.07, 6.45) is 3.90. The van der Waals surface area contributed by atoms with Gasteiger partial charge in [-0.05, 0) is 55.2 Å². The fourth-order valence-corrected chi connectivity index (χ4v) is 5.61. The highest BCUT2D eigenvalue weighted by atomic mass is 16.6. The van der Waals surface area contributed by atoms with Crippen LogP contribution in [0.3, 0.4) is 0 Å². The maximum absolute atomic E-state index is 12.7. The Hall–Kier alpha value is -3.30. The van der Waals surface area contributed by atoms with Crippen LogP contribution >= 0.6 is 0 Å². The molecule has 0 radical (unpaired) electrons. The Balaban J connectivity index is 1.20. The first-order valence-corrected chi connectivity index (χ1v) is 13.1. The van der Waals surface area contributed by atoms with Crippen LogP contribution in [0.5, 0.6) is 11.5 Å². The van der Waals surface area contributed by atoms with E-state index in [-0.39, 0.29) is 49.1 Å². The summed E-state index contributed by atoms with van der Waals surface area (Å²) in [7, 11) is 1.62. The smallest absolute Gasteiger partial charge is 0.319 e. The van der Waals surface area contributed by atoms with Gasteiger partial charge in [0.1, 0.15) is 23.7 Å². The van der Waals surface area contributed by atoms with Crippen molar-refractivity contribution in [2.75, 3.05) is 19.0 Å². The molecule has 4 N–H and O–H groups in total. The number of rotatable bonds is 8. The molecule has 2 fully saturated rings. The van der Waals surface area contributed by atoms with Crippen LogP contribution in [0, 0.1) is 0 Å². The minimum Gasteiger partial charge on any atom is -0.497 e. The molecule has 2 aromatic carbocycles. The zero-order valence-corrected chi connectivity index (χ0v) is 21.1. The average molecular weight is 510 g/mol. The van der Waals surface area contributed by atoms with Crippen LogP contribution < -0.4 is 25.4 Å². The Morgan fingerprint density at radius 3 is 2.62 bits per heavy atom. The second-order valence-corrected chi connectivity index (χ2v) is 10.1. The number of aliphatic hydroxyl groups excluding tert-OH is 1. The lowest BCUT2D eigenvalue weighted by Gasteiger charge is -2.37. The average Bonchev–Trinajstić information content (AvgIpc) is 3.55.